The van der Waals surface area contributed by atoms with Crippen LogP contribution in [0.3, 0.4) is 0 Å². The summed E-state index contributed by atoms with van der Waals surface area (Å²) in [7, 11) is -2.43. The van der Waals surface area contributed by atoms with E-state index in [4.69, 9.17) is 0 Å². The van der Waals surface area contributed by atoms with Gasteiger partial charge in [0.15, 0.2) is 0 Å². The van der Waals surface area contributed by atoms with Gasteiger partial charge in [0.1, 0.15) is 16.1 Å². The highest BCUT2D eigenvalue weighted by Crippen LogP contribution is 2.05. The highest BCUT2D eigenvalue weighted by Gasteiger charge is 2.09. The summed E-state index contributed by atoms with van der Waals surface area (Å²) in [5.41, 5.74) is 6.71. The largest absolute Gasteiger partial charge is 0.132 e. The van der Waals surface area contributed by atoms with Crippen LogP contribution in [0.5, 0.6) is 0 Å². The molecule has 0 saturated heterocycles. The number of alkyl halides is 1. The minimum Gasteiger partial charge on any atom is -0.132 e. The van der Waals surface area contributed by atoms with Gasteiger partial charge in [-0.1, -0.05) is 61.1 Å². The molecule has 0 saturated carbocycles. The second-order valence-corrected chi connectivity index (χ2v) is 16.3. The van der Waals surface area contributed by atoms with Gasteiger partial charge in [0.2, 0.25) is 0 Å². The van der Waals surface area contributed by atoms with Crippen molar-refractivity contribution in [3.05, 3.63) is 0 Å². The molecule has 0 aromatic rings. The quantitative estimate of drug-likeness (QED) is 0.391. The van der Waals surface area contributed by atoms with Crippen LogP contribution in [0.4, 0.5) is 0 Å². The van der Waals surface area contributed by atoms with E-state index in [9.17, 15) is 0 Å². The lowest BCUT2D eigenvalue weighted by Crippen LogP contribution is -2.17. The van der Waals surface area contributed by atoms with Crippen LogP contribution in [-0.2, 0) is 0 Å². The van der Waals surface area contributed by atoms with Crippen LogP contribution >= 0.6 is 15.9 Å². The molecule has 0 nitrogen and oxygen atoms in total. The van der Waals surface area contributed by atoms with Crippen molar-refractivity contribution >= 4 is 32.1 Å². The molecule has 0 N–H and O–H groups in total. The first kappa shape index (κ1) is 15.0. The van der Waals surface area contributed by atoms with Crippen molar-refractivity contribution in [3.63, 3.8) is 0 Å². The molecule has 1 atom stereocenters. The Bertz CT molecular complexity index is 312. The van der Waals surface area contributed by atoms with Crippen molar-refractivity contribution in [2.24, 2.45) is 0 Å². The van der Waals surface area contributed by atoms with Gasteiger partial charge >= 0.3 is 0 Å². The molecule has 0 radical (unpaired) electrons. The maximum Gasteiger partial charge on any atom is 0.129 e. The summed E-state index contributed by atoms with van der Waals surface area (Å²) in [5, 5.41) is 0. The van der Waals surface area contributed by atoms with Gasteiger partial charge < -0.3 is 0 Å². The second-order valence-electron chi connectivity index (χ2n) is 5.74. The molecule has 1 unspecified atom stereocenters. The molecule has 0 aliphatic rings. The van der Waals surface area contributed by atoms with Gasteiger partial charge in [-0.3, -0.25) is 0 Å². The SMILES string of the molecule is C[Si](C)(C)C#CCC(Br)C#C[Si](C)(C)C. The lowest BCUT2D eigenvalue weighted by Gasteiger charge is -2.05. The average Bonchev–Trinajstić information content (AvgIpc) is 1.97. The fraction of sp³-hybridized carbons (Fsp3) is 0.667. The second kappa shape index (κ2) is 5.94. The third-order valence-electron chi connectivity index (χ3n) is 1.35. The van der Waals surface area contributed by atoms with Crippen LogP contribution in [0, 0.1) is 22.9 Å². The van der Waals surface area contributed by atoms with E-state index in [1.165, 1.54) is 0 Å². The lowest BCUT2D eigenvalue weighted by atomic mass is 10.3. The normalized spacial score (nSPS) is 13.3. The van der Waals surface area contributed by atoms with Gasteiger partial charge in [0, 0.05) is 6.42 Å². The van der Waals surface area contributed by atoms with E-state index < -0.39 is 16.1 Å². The molecule has 0 aliphatic heterocycles. The first-order valence-electron chi connectivity index (χ1n) is 5.27. The molecule has 0 aliphatic carbocycles. The van der Waals surface area contributed by atoms with E-state index in [1.807, 2.05) is 0 Å². The smallest absolute Gasteiger partial charge is 0.129 e. The molecule has 0 spiro atoms. The predicted molar refractivity (Wildman–Crippen MR) is 79.6 cm³/mol. The third-order valence-corrected chi connectivity index (χ3v) is 3.72. The van der Waals surface area contributed by atoms with Crippen LogP contribution in [0.15, 0.2) is 0 Å². The monoisotopic (exact) mass is 300 g/mol. The number of halogens is 1. The number of hydrogen-bond acceptors (Lipinski definition) is 0. The molecule has 0 amide bonds. The van der Waals surface area contributed by atoms with E-state index >= 15 is 0 Å². The standard InChI is InChI=1S/C12H21BrSi2/c1-14(2,3)10-7-8-12(13)9-11-15(4,5)6/h12H,8H2,1-6H3. The number of hydrogen-bond donors (Lipinski definition) is 0. The zero-order valence-electron chi connectivity index (χ0n) is 10.7. The summed E-state index contributed by atoms with van der Waals surface area (Å²) in [6.45, 7) is 13.6. The fourth-order valence-corrected chi connectivity index (χ4v) is 2.48. The van der Waals surface area contributed by atoms with Crippen molar-refractivity contribution in [2.45, 2.75) is 50.5 Å². The Labute approximate surface area is 105 Å². The van der Waals surface area contributed by atoms with E-state index in [2.05, 4.69) is 78.1 Å². The lowest BCUT2D eigenvalue weighted by molar-refractivity contribution is 1.16. The summed E-state index contributed by atoms with van der Waals surface area (Å²) in [6.07, 6.45) is 0.849. The van der Waals surface area contributed by atoms with E-state index in [0.717, 1.165) is 6.42 Å². The Balaban J connectivity index is 4.20. The zero-order valence-corrected chi connectivity index (χ0v) is 14.2. The average molecular weight is 301 g/mol. The molecule has 0 rings (SSSR count). The Kier molecular flexibility index (Phi) is 5.95. The number of rotatable bonds is 1. The summed E-state index contributed by atoms with van der Waals surface area (Å²) < 4.78 is 0. The van der Waals surface area contributed by atoms with Gasteiger partial charge in [-0.2, -0.15) is 0 Å². The molecule has 0 bridgehead atoms. The Hall–Kier alpha value is 0.0338. The molecule has 0 heterocycles. The van der Waals surface area contributed by atoms with Gasteiger partial charge in [-0.05, 0) is 0 Å². The van der Waals surface area contributed by atoms with Crippen molar-refractivity contribution in [3.8, 4) is 22.9 Å². The molecule has 0 fully saturated rings. The topological polar surface area (TPSA) is 0 Å². The highest BCUT2D eigenvalue weighted by atomic mass is 79.9. The van der Waals surface area contributed by atoms with Crippen LogP contribution < -0.4 is 0 Å². The summed E-state index contributed by atoms with van der Waals surface area (Å²) in [4.78, 5) is 0.244. The molecular weight excluding hydrogens is 280 g/mol. The first-order chi connectivity index (χ1) is 6.60. The van der Waals surface area contributed by atoms with Crippen LogP contribution in [0.1, 0.15) is 6.42 Å². The van der Waals surface area contributed by atoms with Crippen molar-refractivity contribution in [2.75, 3.05) is 0 Å². The van der Waals surface area contributed by atoms with Crippen LogP contribution in [-0.4, -0.2) is 21.0 Å². The Morgan fingerprint density at radius 1 is 0.933 bits per heavy atom. The summed E-state index contributed by atoms with van der Waals surface area (Å²) >= 11 is 3.56. The zero-order chi connectivity index (χ0) is 12.1. The highest BCUT2D eigenvalue weighted by molar-refractivity contribution is 9.09. The molecule has 0 aromatic heterocycles. The Morgan fingerprint density at radius 3 is 1.80 bits per heavy atom. The molecule has 3 heteroatoms. The van der Waals surface area contributed by atoms with Crippen LogP contribution in [0.25, 0.3) is 0 Å². The van der Waals surface area contributed by atoms with Gasteiger partial charge in [-0.25, -0.2) is 0 Å². The van der Waals surface area contributed by atoms with Crippen molar-refractivity contribution < 1.29 is 0 Å². The van der Waals surface area contributed by atoms with E-state index in [-0.39, 0.29) is 4.83 Å². The summed E-state index contributed by atoms with van der Waals surface area (Å²) in [6, 6.07) is 0. The molecule has 84 valence electrons. The first-order valence-corrected chi connectivity index (χ1v) is 13.2. The summed E-state index contributed by atoms with van der Waals surface area (Å²) in [5.74, 6) is 6.49. The molecule has 0 aromatic carbocycles. The van der Waals surface area contributed by atoms with Gasteiger partial charge in [0.25, 0.3) is 0 Å². The molecule has 15 heavy (non-hydrogen) atoms. The van der Waals surface area contributed by atoms with Gasteiger partial charge in [-0.15, -0.1) is 17.0 Å². The van der Waals surface area contributed by atoms with E-state index in [0.29, 0.717) is 0 Å². The maximum absolute atomic E-state index is 3.56. The minimum absolute atomic E-state index is 0.244. The predicted octanol–water partition coefficient (Wildman–Crippen LogP) is 3.90. The maximum atomic E-state index is 3.56. The Morgan fingerprint density at radius 2 is 1.40 bits per heavy atom. The van der Waals surface area contributed by atoms with E-state index in [1.54, 1.807) is 0 Å². The van der Waals surface area contributed by atoms with Crippen LogP contribution in [0.2, 0.25) is 39.3 Å². The molecular formula is C12H21BrSi2. The van der Waals surface area contributed by atoms with Gasteiger partial charge in [0.05, 0.1) is 4.83 Å². The minimum atomic E-state index is -1.23. The third kappa shape index (κ3) is 12.0. The van der Waals surface area contributed by atoms with Crippen molar-refractivity contribution in [1.29, 1.82) is 0 Å². The van der Waals surface area contributed by atoms with Crippen molar-refractivity contribution in [1.82, 2.24) is 0 Å². The fourth-order valence-electron chi connectivity index (χ4n) is 0.752.